The molecule has 0 heterocycles. The Bertz CT molecular complexity index is 66.3. The molecule has 0 aliphatic heterocycles. The van der Waals surface area contributed by atoms with Gasteiger partial charge in [-0.1, -0.05) is 29.8 Å². The second kappa shape index (κ2) is 7.55. The van der Waals surface area contributed by atoms with Crippen LogP contribution in [0.2, 0.25) is 0 Å². The van der Waals surface area contributed by atoms with Gasteiger partial charge in [-0.25, -0.2) is 0 Å². The molecule has 0 fully saturated rings. The molecule has 0 aromatic carbocycles. The van der Waals surface area contributed by atoms with Gasteiger partial charge in [-0.3, -0.25) is 0 Å². The molecule has 0 aromatic rings. The maximum absolute atomic E-state index is 3.49. The lowest BCUT2D eigenvalue weighted by Crippen LogP contribution is -2.29. The van der Waals surface area contributed by atoms with Crippen LogP contribution in [0.15, 0.2) is 0 Å². The Morgan fingerprint density at radius 2 is 2.10 bits per heavy atom. The van der Waals surface area contributed by atoms with Gasteiger partial charge in [0.2, 0.25) is 0 Å². The summed E-state index contributed by atoms with van der Waals surface area (Å²) in [6, 6.07) is 0.722. The van der Waals surface area contributed by atoms with Crippen molar-refractivity contribution in [2.75, 3.05) is 11.9 Å². The van der Waals surface area contributed by atoms with Crippen LogP contribution in [0.25, 0.3) is 0 Å². The van der Waals surface area contributed by atoms with Crippen molar-refractivity contribution < 1.29 is 0 Å². The number of nitrogens with one attached hydrogen (secondary N) is 1. The second-order valence-electron chi connectivity index (χ2n) is 2.54. The summed E-state index contributed by atoms with van der Waals surface area (Å²) >= 11 is 3.44. The van der Waals surface area contributed by atoms with Gasteiger partial charge in [-0.15, -0.1) is 0 Å². The first-order chi connectivity index (χ1) is 4.85. The van der Waals surface area contributed by atoms with Crippen molar-refractivity contribution in [3.8, 4) is 0 Å². The van der Waals surface area contributed by atoms with Crippen LogP contribution in [0.1, 0.15) is 33.1 Å². The number of alkyl halides is 1. The van der Waals surface area contributed by atoms with E-state index < -0.39 is 0 Å². The van der Waals surface area contributed by atoms with Crippen molar-refractivity contribution in [3.63, 3.8) is 0 Å². The van der Waals surface area contributed by atoms with E-state index in [0.717, 1.165) is 17.9 Å². The van der Waals surface area contributed by atoms with Crippen LogP contribution in [0.5, 0.6) is 0 Å². The van der Waals surface area contributed by atoms with E-state index in [0.29, 0.717) is 0 Å². The molecule has 1 nitrogen and oxygen atoms in total. The summed E-state index contributed by atoms with van der Waals surface area (Å²) in [7, 11) is 0. The predicted molar refractivity (Wildman–Crippen MR) is 50.8 cm³/mol. The van der Waals surface area contributed by atoms with Crippen molar-refractivity contribution in [2.24, 2.45) is 0 Å². The zero-order valence-corrected chi connectivity index (χ0v) is 8.58. The standard InChI is InChI=1S/C8H18BrN/c1-3-7-10-8(4-2)5-6-9/h8,10H,3-7H2,1-2H3. The van der Waals surface area contributed by atoms with E-state index in [2.05, 4.69) is 35.1 Å². The summed E-state index contributed by atoms with van der Waals surface area (Å²) in [6.45, 7) is 5.59. The van der Waals surface area contributed by atoms with Gasteiger partial charge in [0.1, 0.15) is 0 Å². The van der Waals surface area contributed by atoms with Crippen LogP contribution in [-0.4, -0.2) is 17.9 Å². The summed E-state index contributed by atoms with van der Waals surface area (Å²) < 4.78 is 0. The fraction of sp³-hybridized carbons (Fsp3) is 1.00. The first kappa shape index (κ1) is 10.4. The Hall–Kier alpha value is 0.440. The van der Waals surface area contributed by atoms with Gasteiger partial charge in [-0.2, -0.15) is 0 Å². The van der Waals surface area contributed by atoms with Crippen LogP contribution in [0, 0.1) is 0 Å². The number of halogens is 1. The first-order valence-corrected chi connectivity index (χ1v) is 5.26. The van der Waals surface area contributed by atoms with Crippen molar-refractivity contribution in [2.45, 2.75) is 39.2 Å². The molecular weight excluding hydrogens is 190 g/mol. The molecule has 0 saturated heterocycles. The highest BCUT2D eigenvalue weighted by atomic mass is 79.9. The molecule has 0 rings (SSSR count). The normalized spacial score (nSPS) is 13.5. The van der Waals surface area contributed by atoms with E-state index >= 15 is 0 Å². The molecule has 2 heteroatoms. The van der Waals surface area contributed by atoms with Crippen LogP contribution < -0.4 is 5.32 Å². The number of hydrogen-bond acceptors (Lipinski definition) is 1. The average molecular weight is 208 g/mol. The summed E-state index contributed by atoms with van der Waals surface area (Å²) in [5, 5.41) is 4.60. The zero-order valence-electron chi connectivity index (χ0n) is 6.99. The molecule has 0 aromatic heterocycles. The zero-order chi connectivity index (χ0) is 7.82. The third kappa shape index (κ3) is 5.24. The van der Waals surface area contributed by atoms with Crippen LogP contribution >= 0.6 is 15.9 Å². The summed E-state index contributed by atoms with van der Waals surface area (Å²) in [6.07, 6.45) is 3.72. The summed E-state index contributed by atoms with van der Waals surface area (Å²) in [4.78, 5) is 0. The first-order valence-electron chi connectivity index (χ1n) is 4.14. The summed E-state index contributed by atoms with van der Waals surface area (Å²) in [5.41, 5.74) is 0. The van der Waals surface area contributed by atoms with Gasteiger partial charge >= 0.3 is 0 Å². The quantitative estimate of drug-likeness (QED) is 0.661. The molecule has 0 radical (unpaired) electrons. The monoisotopic (exact) mass is 207 g/mol. The third-order valence-electron chi connectivity index (χ3n) is 1.63. The van der Waals surface area contributed by atoms with Gasteiger partial charge in [0, 0.05) is 11.4 Å². The third-order valence-corrected chi connectivity index (χ3v) is 2.09. The van der Waals surface area contributed by atoms with Gasteiger partial charge in [0.05, 0.1) is 0 Å². The highest BCUT2D eigenvalue weighted by Crippen LogP contribution is 1.99. The maximum Gasteiger partial charge on any atom is 0.00723 e. The van der Waals surface area contributed by atoms with E-state index in [9.17, 15) is 0 Å². The molecule has 0 aliphatic rings. The molecule has 0 aliphatic carbocycles. The fourth-order valence-corrected chi connectivity index (χ4v) is 1.48. The smallest absolute Gasteiger partial charge is 0.00723 e. The second-order valence-corrected chi connectivity index (χ2v) is 3.33. The molecule has 1 unspecified atom stereocenters. The minimum absolute atomic E-state index is 0.722. The van der Waals surface area contributed by atoms with E-state index in [1.807, 2.05) is 0 Å². The molecule has 0 amide bonds. The van der Waals surface area contributed by atoms with Gasteiger partial charge < -0.3 is 5.32 Å². The lowest BCUT2D eigenvalue weighted by atomic mass is 10.2. The minimum atomic E-state index is 0.722. The molecule has 10 heavy (non-hydrogen) atoms. The van der Waals surface area contributed by atoms with Crippen molar-refractivity contribution in [1.82, 2.24) is 5.32 Å². The van der Waals surface area contributed by atoms with E-state index in [-0.39, 0.29) is 0 Å². The average Bonchev–Trinajstić information content (AvgIpc) is 1.98. The van der Waals surface area contributed by atoms with Gasteiger partial charge in [0.25, 0.3) is 0 Å². The SMILES string of the molecule is CCCNC(CC)CCBr. The molecule has 1 N–H and O–H groups in total. The van der Waals surface area contributed by atoms with Crippen LogP contribution in [0.4, 0.5) is 0 Å². The largest absolute Gasteiger partial charge is 0.314 e. The molecule has 0 saturated carbocycles. The van der Waals surface area contributed by atoms with Crippen molar-refractivity contribution in [1.29, 1.82) is 0 Å². The molecule has 1 atom stereocenters. The summed E-state index contributed by atoms with van der Waals surface area (Å²) in [5.74, 6) is 0. The topological polar surface area (TPSA) is 12.0 Å². The van der Waals surface area contributed by atoms with Crippen LogP contribution in [0.3, 0.4) is 0 Å². The highest BCUT2D eigenvalue weighted by Gasteiger charge is 2.01. The van der Waals surface area contributed by atoms with Crippen molar-refractivity contribution in [3.05, 3.63) is 0 Å². The number of hydrogen-bond donors (Lipinski definition) is 1. The Morgan fingerprint density at radius 3 is 2.50 bits per heavy atom. The Morgan fingerprint density at radius 1 is 1.40 bits per heavy atom. The Labute approximate surface area is 72.7 Å². The van der Waals surface area contributed by atoms with Gasteiger partial charge in [0.15, 0.2) is 0 Å². The van der Waals surface area contributed by atoms with E-state index in [1.54, 1.807) is 0 Å². The fourth-order valence-electron chi connectivity index (χ4n) is 0.931. The Kier molecular flexibility index (Phi) is 7.88. The molecule has 0 spiro atoms. The molecular formula is C8H18BrN. The highest BCUT2D eigenvalue weighted by molar-refractivity contribution is 9.09. The van der Waals surface area contributed by atoms with Crippen LogP contribution in [-0.2, 0) is 0 Å². The minimum Gasteiger partial charge on any atom is -0.314 e. The van der Waals surface area contributed by atoms with Crippen molar-refractivity contribution >= 4 is 15.9 Å². The Balaban J connectivity index is 3.21. The van der Waals surface area contributed by atoms with E-state index in [4.69, 9.17) is 0 Å². The lowest BCUT2D eigenvalue weighted by molar-refractivity contribution is 0.488. The van der Waals surface area contributed by atoms with E-state index in [1.165, 1.54) is 19.3 Å². The van der Waals surface area contributed by atoms with Gasteiger partial charge in [-0.05, 0) is 25.8 Å². The lowest BCUT2D eigenvalue weighted by Gasteiger charge is -2.14. The molecule has 62 valence electrons. The number of rotatable bonds is 6. The maximum atomic E-state index is 3.49. The predicted octanol–water partition coefficient (Wildman–Crippen LogP) is 2.55. The molecule has 0 bridgehead atoms.